The number of nitrogens with zero attached hydrogens (tertiary/aromatic N) is 2. The number of fused-ring (bicyclic) bond motifs is 1. The van der Waals surface area contributed by atoms with Crippen molar-refractivity contribution < 1.29 is 19.1 Å². The van der Waals surface area contributed by atoms with E-state index in [0.29, 0.717) is 26.1 Å². The molecule has 6 nitrogen and oxygen atoms in total. The molecule has 0 spiro atoms. The highest BCUT2D eigenvalue weighted by Gasteiger charge is 2.55. The Morgan fingerprint density at radius 2 is 2.22 bits per heavy atom. The van der Waals surface area contributed by atoms with Gasteiger partial charge in [-0.3, -0.25) is 9.78 Å². The summed E-state index contributed by atoms with van der Waals surface area (Å²) in [6, 6.07) is 5.69. The highest BCUT2D eigenvalue weighted by molar-refractivity contribution is 5.79. The van der Waals surface area contributed by atoms with Crippen molar-refractivity contribution in [1.82, 2.24) is 9.88 Å². The lowest BCUT2D eigenvalue weighted by Crippen LogP contribution is -2.53. The van der Waals surface area contributed by atoms with Gasteiger partial charge in [-0.25, -0.2) is 4.79 Å². The van der Waals surface area contributed by atoms with Crippen molar-refractivity contribution >= 4 is 12.1 Å². The first-order valence-corrected chi connectivity index (χ1v) is 7.88. The molecule has 2 aliphatic heterocycles. The molecule has 0 aromatic carbocycles. The fourth-order valence-electron chi connectivity index (χ4n) is 3.30. The van der Waals surface area contributed by atoms with E-state index in [1.165, 1.54) is 0 Å². The number of aromatic nitrogens is 1. The summed E-state index contributed by atoms with van der Waals surface area (Å²) in [7, 11) is 0. The fourth-order valence-corrected chi connectivity index (χ4v) is 3.30. The molecule has 0 N–H and O–H groups in total. The summed E-state index contributed by atoms with van der Waals surface area (Å²) in [6.45, 7) is 6.66. The van der Waals surface area contributed by atoms with Gasteiger partial charge < -0.3 is 14.4 Å². The Bertz CT molecular complexity index is 611. The van der Waals surface area contributed by atoms with Gasteiger partial charge in [0.2, 0.25) is 0 Å². The van der Waals surface area contributed by atoms with Crippen molar-refractivity contribution in [3.05, 3.63) is 30.1 Å². The van der Waals surface area contributed by atoms with Crippen molar-refractivity contribution in [1.29, 1.82) is 0 Å². The molecule has 124 valence electrons. The third-order valence-electron chi connectivity index (χ3n) is 4.48. The van der Waals surface area contributed by atoms with Crippen LogP contribution in [0.25, 0.3) is 0 Å². The van der Waals surface area contributed by atoms with Crippen molar-refractivity contribution in [3.8, 4) is 0 Å². The molecule has 2 aliphatic rings. The van der Waals surface area contributed by atoms with Gasteiger partial charge in [0, 0.05) is 19.3 Å². The summed E-state index contributed by atoms with van der Waals surface area (Å²) < 4.78 is 10.7. The van der Waals surface area contributed by atoms with E-state index in [9.17, 15) is 9.59 Å². The average molecular weight is 318 g/mol. The number of carbonyl (C=O) groups is 2. The van der Waals surface area contributed by atoms with Gasteiger partial charge in [-0.1, -0.05) is 6.07 Å². The van der Waals surface area contributed by atoms with Crippen molar-refractivity contribution in [2.75, 3.05) is 19.7 Å². The van der Waals surface area contributed by atoms with Crippen LogP contribution in [0, 0.1) is 5.92 Å². The van der Waals surface area contributed by atoms with Crippen LogP contribution in [0.5, 0.6) is 0 Å². The second kappa shape index (κ2) is 5.51. The molecule has 2 saturated heterocycles. The maximum Gasteiger partial charge on any atom is 0.410 e. The van der Waals surface area contributed by atoms with Crippen LogP contribution < -0.4 is 0 Å². The molecule has 0 aliphatic carbocycles. The minimum absolute atomic E-state index is 0.260. The number of esters is 1. The highest BCUT2D eigenvalue weighted by atomic mass is 16.6. The van der Waals surface area contributed by atoms with Gasteiger partial charge in [0.25, 0.3) is 0 Å². The number of rotatable bonds is 1. The smallest absolute Gasteiger partial charge is 0.410 e. The standard InChI is InChI=1S/C17H22N2O4/c1-16(2,3)23-15(21)19-9-7-17(13-6-4-5-8-18-13)11-22-14(20)12(17)10-19/h4-6,8,12H,7,9-11H2,1-3H3. The van der Waals surface area contributed by atoms with E-state index in [2.05, 4.69) is 4.98 Å². The van der Waals surface area contributed by atoms with Crippen LogP contribution in [0.3, 0.4) is 0 Å². The van der Waals surface area contributed by atoms with Gasteiger partial charge in [0.05, 0.1) is 17.0 Å². The number of likely N-dealkylation sites (tertiary alicyclic amines) is 1. The van der Waals surface area contributed by atoms with Gasteiger partial charge in [0.15, 0.2) is 0 Å². The minimum atomic E-state index is -0.553. The fraction of sp³-hybridized carbons (Fsp3) is 0.588. The molecule has 0 radical (unpaired) electrons. The molecule has 1 aromatic rings. The zero-order valence-electron chi connectivity index (χ0n) is 13.7. The van der Waals surface area contributed by atoms with Gasteiger partial charge in [-0.2, -0.15) is 0 Å². The van der Waals surface area contributed by atoms with Crippen LogP contribution in [-0.4, -0.2) is 47.2 Å². The molecule has 6 heteroatoms. The zero-order chi connectivity index (χ0) is 16.7. The molecule has 1 amide bonds. The van der Waals surface area contributed by atoms with E-state index in [1.54, 1.807) is 11.1 Å². The van der Waals surface area contributed by atoms with Crippen LogP contribution in [0.4, 0.5) is 4.79 Å². The Hall–Kier alpha value is -2.11. The molecule has 3 rings (SSSR count). The van der Waals surface area contributed by atoms with E-state index in [-0.39, 0.29) is 12.1 Å². The molecule has 3 heterocycles. The highest BCUT2D eigenvalue weighted by Crippen LogP contribution is 2.44. The van der Waals surface area contributed by atoms with Crippen molar-refractivity contribution in [2.24, 2.45) is 5.92 Å². The van der Waals surface area contributed by atoms with E-state index >= 15 is 0 Å². The molecule has 1 aromatic heterocycles. The molecule has 0 saturated carbocycles. The van der Waals surface area contributed by atoms with Crippen LogP contribution >= 0.6 is 0 Å². The average Bonchev–Trinajstić information content (AvgIpc) is 2.84. The molecule has 2 atom stereocenters. The number of carbonyl (C=O) groups excluding carboxylic acids is 2. The van der Waals surface area contributed by atoms with Gasteiger partial charge in [-0.05, 0) is 39.3 Å². The first-order chi connectivity index (χ1) is 10.8. The van der Waals surface area contributed by atoms with E-state index in [0.717, 1.165) is 5.69 Å². The molecule has 23 heavy (non-hydrogen) atoms. The topological polar surface area (TPSA) is 68.7 Å². The first kappa shape index (κ1) is 15.8. The lowest BCUT2D eigenvalue weighted by atomic mass is 9.70. The third kappa shape index (κ3) is 2.90. The quantitative estimate of drug-likeness (QED) is 0.742. The van der Waals surface area contributed by atoms with Crippen LogP contribution in [0.1, 0.15) is 32.9 Å². The second-order valence-electron chi connectivity index (χ2n) is 7.21. The maximum absolute atomic E-state index is 12.3. The molecule has 2 unspecified atom stereocenters. The van der Waals surface area contributed by atoms with Crippen molar-refractivity contribution in [3.63, 3.8) is 0 Å². The summed E-state index contributed by atoms with van der Waals surface area (Å²) in [5, 5.41) is 0. The van der Waals surface area contributed by atoms with E-state index in [1.807, 2.05) is 39.0 Å². The lowest BCUT2D eigenvalue weighted by Gasteiger charge is -2.40. The van der Waals surface area contributed by atoms with Crippen LogP contribution in [0.2, 0.25) is 0 Å². The maximum atomic E-state index is 12.3. The third-order valence-corrected chi connectivity index (χ3v) is 4.48. The van der Waals surface area contributed by atoms with Crippen molar-refractivity contribution in [2.45, 2.75) is 38.2 Å². The Balaban J connectivity index is 1.82. The largest absolute Gasteiger partial charge is 0.464 e. The number of pyridine rings is 1. The minimum Gasteiger partial charge on any atom is -0.464 e. The SMILES string of the molecule is CC(C)(C)OC(=O)N1CCC2(c3ccccn3)COC(=O)C2C1. The number of ether oxygens (including phenoxy) is 2. The van der Waals surface area contributed by atoms with Crippen LogP contribution in [0.15, 0.2) is 24.4 Å². The predicted octanol–water partition coefficient (Wildman–Crippen LogP) is 2.13. The Kier molecular flexibility index (Phi) is 3.78. The van der Waals surface area contributed by atoms with Crippen LogP contribution in [-0.2, 0) is 19.7 Å². The Morgan fingerprint density at radius 3 is 2.87 bits per heavy atom. The molecule has 2 fully saturated rings. The lowest BCUT2D eigenvalue weighted by molar-refractivity contribution is -0.141. The molecular weight excluding hydrogens is 296 g/mol. The monoisotopic (exact) mass is 318 g/mol. The number of piperidine rings is 1. The predicted molar refractivity (Wildman–Crippen MR) is 82.8 cm³/mol. The summed E-state index contributed by atoms with van der Waals surface area (Å²) >= 11 is 0. The number of cyclic esters (lactones) is 1. The number of amides is 1. The Labute approximate surface area is 135 Å². The summed E-state index contributed by atoms with van der Waals surface area (Å²) in [5.41, 5.74) is -0.126. The summed E-state index contributed by atoms with van der Waals surface area (Å²) in [4.78, 5) is 30.5. The number of hydrogen-bond donors (Lipinski definition) is 0. The van der Waals surface area contributed by atoms with E-state index in [4.69, 9.17) is 9.47 Å². The first-order valence-electron chi connectivity index (χ1n) is 7.88. The summed E-state index contributed by atoms with van der Waals surface area (Å²) in [5.74, 6) is -0.650. The van der Waals surface area contributed by atoms with Gasteiger partial charge >= 0.3 is 12.1 Å². The van der Waals surface area contributed by atoms with Gasteiger partial charge in [-0.15, -0.1) is 0 Å². The normalized spacial score (nSPS) is 27.3. The Morgan fingerprint density at radius 1 is 1.43 bits per heavy atom. The summed E-state index contributed by atoms with van der Waals surface area (Å²) in [6.07, 6.45) is 1.98. The second-order valence-corrected chi connectivity index (χ2v) is 7.21. The van der Waals surface area contributed by atoms with E-state index < -0.39 is 16.9 Å². The van der Waals surface area contributed by atoms with Gasteiger partial charge in [0.1, 0.15) is 12.2 Å². The molecular formula is C17H22N2O4. The zero-order valence-corrected chi connectivity index (χ0v) is 13.7. The number of hydrogen-bond acceptors (Lipinski definition) is 5. The molecule has 0 bridgehead atoms.